The Morgan fingerprint density at radius 2 is 2.06 bits per heavy atom. The van der Waals surface area contributed by atoms with E-state index in [1.807, 2.05) is 30.0 Å². The number of hydrogen-bond acceptors (Lipinski definition) is 3. The molecule has 0 aliphatic carbocycles. The number of anilines is 1. The number of nitriles is 2. The van der Waals surface area contributed by atoms with Crippen LogP contribution < -0.4 is 4.90 Å². The third-order valence-corrected chi connectivity index (χ3v) is 2.68. The smallest absolute Gasteiger partial charge is 0.105 e. The Morgan fingerprint density at radius 3 is 2.62 bits per heavy atom. The second kappa shape index (κ2) is 6.00. The number of nitrogens with zero attached hydrogens (tertiary/aromatic N) is 3. The van der Waals surface area contributed by atoms with Gasteiger partial charge < -0.3 is 4.90 Å². The molecule has 0 aliphatic heterocycles. The summed E-state index contributed by atoms with van der Waals surface area (Å²) >= 11 is 6.02. The maximum Gasteiger partial charge on any atom is 0.105 e. The zero-order valence-corrected chi connectivity index (χ0v) is 9.83. The van der Waals surface area contributed by atoms with E-state index in [2.05, 4.69) is 12.1 Å². The molecule has 0 N–H and O–H groups in total. The summed E-state index contributed by atoms with van der Waals surface area (Å²) in [6, 6.07) is 9.80. The molecule has 0 fully saturated rings. The summed E-state index contributed by atoms with van der Waals surface area (Å²) in [7, 11) is 0. The van der Waals surface area contributed by atoms with Crippen LogP contribution in [0.5, 0.6) is 0 Å². The first-order chi connectivity index (χ1) is 7.69. The Hall–Kier alpha value is -1.71. The molecule has 4 heteroatoms. The first-order valence-corrected chi connectivity index (χ1v) is 5.32. The summed E-state index contributed by atoms with van der Waals surface area (Å²) in [6.07, 6.45) is 0.396. The lowest BCUT2D eigenvalue weighted by Crippen LogP contribution is -2.24. The zero-order valence-electron chi connectivity index (χ0n) is 9.07. The Balaban J connectivity index is 2.89. The van der Waals surface area contributed by atoms with E-state index < -0.39 is 0 Å². The van der Waals surface area contributed by atoms with Gasteiger partial charge in [0.2, 0.25) is 0 Å². The molecule has 0 spiro atoms. The fraction of sp³-hybridized carbons (Fsp3) is 0.333. The minimum absolute atomic E-state index is 0.265. The van der Waals surface area contributed by atoms with Crippen LogP contribution in [0.2, 0.25) is 5.02 Å². The van der Waals surface area contributed by atoms with Crippen LogP contribution in [-0.4, -0.2) is 13.1 Å². The molecule has 82 valence electrons. The van der Waals surface area contributed by atoms with Gasteiger partial charge in [-0.2, -0.15) is 10.5 Å². The van der Waals surface area contributed by atoms with Crippen molar-refractivity contribution in [2.45, 2.75) is 13.3 Å². The van der Waals surface area contributed by atoms with E-state index in [9.17, 15) is 0 Å². The van der Waals surface area contributed by atoms with E-state index in [1.54, 1.807) is 0 Å². The van der Waals surface area contributed by atoms with Gasteiger partial charge in [0.25, 0.3) is 0 Å². The number of rotatable bonds is 4. The Labute approximate surface area is 100 Å². The van der Waals surface area contributed by atoms with E-state index in [0.29, 0.717) is 18.0 Å². The highest BCUT2D eigenvalue weighted by Gasteiger charge is 2.06. The van der Waals surface area contributed by atoms with Crippen molar-refractivity contribution in [3.8, 4) is 12.1 Å². The summed E-state index contributed by atoms with van der Waals surface area (Å²) in [6.45, 7) is 2.74. The van der Waals surface area contributed by atoms with Crippen molar-refractivity contribution in [3.05, 3.63) is 28.8 Å². The molecule has 0 bridgehead atoms. The van der Waals surface area contributed by atoms with Crippen LogP contribution in [0, 0.1) is 29.6 Å². The quantitative estimate of drug-likeness (QED) is 0.752. The summed E-state index contributed by atoms with van der Waals surface area (Å²) < 4.78 is 0. The summed E-state index contributed by atoms with van der Waals surface area (Å²) in [4.78, 5) is 1.84. The number of halogens is 1. The second-order valence-corrected chi connectivity index (χ2v) is 3.83. The van der Waals surface area contributed by atoms with Crippen molar-refractivity contribution in [3.63, 3.8) is 0 Å². The van der Waals surface area contributed by atoms with Crippen LogP contribution >= 0.6 is 11.6 Å². The minimum Gasteiger partial charge on any atom is -0.357 e. The van der Waals surface area contributed by atoms with Crippen molar-refractivity contribution >= 4 is 17.3 Å². The molecule has 1 aromatic rings. The lowest BCUT2D eigenvalue weighted by Gasteiger charge is -2.20. The zero-order chi connectivity index (χ0) is 12.0. The van der Waals surface area contributed by atoms with Crippen LogP contribution in [-0.2, 0) is 0 Å². The van der Waals surface area contributed by atoms with Crippen LogP contribution in [0.25, 0.3) is 0 Å². The molecular weight excluding hydrogens is 222 g/mol. The normalized spacial score (nSPS) is 9.25. The minimum atomic E-state index is 0.265. The van der Waals surface area contributed by atoms with Gasteiger partial charge in [-0.25, -0.2) is 0 Å². The van der Waals surface area contributed by atoms with Gasteiger partial charge in [0.15, 0.2) is 0 Å². The molecule has 1 rings (SSSR count). The SMILES string of the molecule is Cc1ccc(N(CC#N)CCC#N)cc1Cl. The topological polar surface area (TPSA) is 50.8 Å². The predicted octanol–water partition coefficient (Wildman–Crippen LogP) is 2.89. The van der Waals surface area contributed by atoms with Crippen molar-refractivity contribution in [1.29, 1.82) is 10.5 Å². The summed E-state index contributed by atoms with van der Waals surface area (Å²) in [5.74, 6) is 0. The van der Waals surface area contributed by atoms with Gasteiger partial charge in [0.05, 0.1) is 18.6 Å². The van der Waals surface area contributed by atoms with Gasteiger partial charge in [0, 0.05) is 17.3 Å². The fourth-order valence-corrected chi connectivity index (χ4v) is 1.52. The first kappa shape index (κ1) is 12.4. The van der Waals surface area contributed by atoms with Crippen LogP contribution in [0.1, 0.15) is 12.0 Å². The summed E-state index contributed by atoms with van der Waals surface area (Å²) in [5.41, 5.74) is 1.88. The van der Waals surface area contributed by atoms with Crippen molar-refractivity contribution in [1.82, 2.24) is 0 Å². The van der Waals surface area contributed by atoms with Gasteiger partial charge >= 0.3 is 0 Å². The van der Waals surface area contributed by atoms with E-state index in [-0.39, 0.29) is 6.54 Å². The van der Waals surface area contributed by atoms with Crippen molar-refractivity contribution in [2.75, 3.05) is 18.0 Å². The second-order valence-electron chi connectivity index (χ2n) is 3.42. The third-order valence-electron chi connectivity index (χ3n) is 2.28. The molecule has 0 aliphatic rings. The molecule has 0 radical (unpaired) electrons. The fourth-order valence-electron chi connectivity index (χ4n) is 1.35. The van der Waals surface area contributed by atoms with E-state index in [0.717, 1.165) is 11.3 Å². The van der Waals surface area contributed by atoms with E-state index in [4.69, 9.17) is 22.1 Å². The largest absolute Gasteiger partial charge is 0.357 e. The lowest BCUT2D eigenvalue weighted by molar-refractivity contribution is 0.862. The number of aryl methyl sites for hydroxylation is 1. The highest BCUT2D eigenvalue weighted by atomic mass is 35.5. The van der Waals surface area contributed by atoms with E-state index >= 15 is 0 Å². The first-order valence-electron chi connectivity index (χ1n) is 4.94. The van der Waals surface area contributed by atoms with Crippen molar-refractivity contribution < 1.29 is 0 Å². The average Bonchev–Trinajstić information content (AvgIpc) is 2.28. The van der Waals surface area contributed by atoms with Gasteiger partial charge in [-0.3, -0.25) is 0 Å². The molecule has 0 heterocycles. The average molecular weight is 234 g/mol. The Bertz CT molecular complexity index is 443. The van der Waals surface area contributed by atoms with Crippen molar-refractivity contribution in [2.24, 2.45) is 0 Å². The molecule has 3 nitrogen and oxygen atoms in total. The molecule has 0 aromatic heterocycles. The molecular formula is C12H12ClN3. The van der Waals surface area contributed by atoms with Crippen LogP contribution in [0.4, 0.5) is 5.69 Å². The van der Waals surface area contributed by atoms with E-state index in [1.165, 1.54) is 0 Å². The molecule has 0 amide bonds. The van der Waals surface area contributed by atoms with Crippen LogP contribution in [0.15, 0.2) is 18.2 Å². The molecule has 0 unspecified atom stereocenters. The standard InChI is InChI=1S/C12H12ClN3/c1-10-3-4-11(9-12(10)13)16(8-6-15)7-2-5-14/h3-4,9H,2,7-8H2,1H3. The molecule has 16 heavy (non-hydrogen) atoms. The Kier molecular flexibility index (Phi) is 4.64. The molecule has 1 aromatic carbocycles. The maximum absolute atomic E-state index is 8.71. The van der Waals surface area contributed by atoms with Gasteiger partial charge in [-0.05, 0) is 24.6 Å². The van der Waals surface area contributed by atoms with Gasteiger partial charge in [-0.1, -0.05) is 17.7 Å². The molecule has 0 atom stereocenters. The molecule has 0 saturated heterocycles. The highest BCUT2D eigenvalue weighted by molar-refractivity contribution is 6.31. The lowest BCUT2D eigenvalue weighted by atomic mass is 10.2. The van der Waals surface area contributed by atoms with Gasteiger partial charge in [-0.15, -0.1) is 0 Å². The van der Waals surface area contributed by atoms with Crippen LogP contribution in [0.3, 0.4) is 0 Å². The third kappa shape index (κ3) is 3.15. The Morgan fingerprint density at radius 1 is 1.31 bits per heavy atom. The summed E-state index contributed by atoms with van der Waals surface area (Å²) in [5, 5.41) is 17.9. The maximum atomic E-state index is 8.71. The monoisotopic (exact) mass is 233 g/mol. The molecule has 0 saturated carbocycles. The number of hydrogen-bond donors (Lipinski definition) is 0. The number of benzene rings is 1. The predicted molar refractivity (Wildman–Crippen MR) is 64.2 cm³/mol. The highest BCUT2D eigenvalue weighted by Crippen LogP contribution is 2.23. The van der Waals surface area contributed by atoms with Gasteiger partial charge in [0.1, 0.15) is 6.54 Å².